The lowest BCUT2D eigenvalue weighted by molar-refractivity contribution is 0.480. The lowest BCUT2D eigenvalue weighted by atomic mass is 10.3. The van der Waals surface area contributed by atoms with Crippen LogP contribution in [0.5, 0.6) is 11.5 Å². The molecule has 1 heterocycles. The summed E-state index contributed by atoms with van der Waals surface area (Å²) >= 11 is 0. The van der Waals surface area contributed by atoms with Gasteiger partial charge >= 0.3 is 0 Å². The van der Waals surface area contributed by atoms with E-state index >= 15 is 0 Å². The van der Waals surface area contributed by atoms with E-state index in [-0.39, 0.29) is 5.95 Å². The number of para-hydroxylation sites is 2. The highest BCUT2D eigenvalue weighted by Gasteiger charge is 2.01. The summed E-state index contributed by atoms with van der Waals surface area (Å²) in [7, 11) is 0. The van der Waals surface area contributed by atoms with Crippen molar-refractivity contribution in [1.29, 1.82) is 0 Å². The standard InChI is InChI=1S/C10H10N4O/c11-8-3-1-2-4-9(8)15-7-5-13-10(12)14-6-7/h1-6H,11H2,(H2,12,13,14). The second kappa shape index (κ2) is 3.83. The summed E-state index contributed by atoms with van der Waals surface area (Å²) < 4.78 is 5.46. The Morgan fingerprint density at radius 3 is 2.33 bits per heavy atom. The number of hydrogen-bond donors (Lipinski definition) is 2. The van der Waals surface area contributed by atoms with Crippen LogP contribution in [0.15, 0.2) is 36.7 Å². The number of rotatable bonds is 2. The fourth-order valence-electron chi connectivity index (χ4n) is 1.08. The average Bonchev–Trinajstić information content (AvgIpc) is 2.25. The van der Waals surface area contributed by atoms with E-state index in [0.717, 1.165) is 0 Å². The van der Waals surface area contributed by atoms with Gasteiger partial charge < -0.3 is 16.2 Å². The van der Waals surface area contributed by atoms with Gasteiger partial charge in [-0.1, -0.05) is 12.1 Å². The van der Waals surface area contributed by atoms with Crippen molar-refractivity contribution in [3.05, 3.63) is 36.7 Å². The first-order chi connectivity index (χ1) is 7.25. The highest BCUT2D eigenvalue weighted by molar-refractivity contribution is 5.53. The van der Waals surface area contributed by atoms with E-state index in [4.69, 9.17) is 16.2 Å². The summed E-state index contributed by atoms with van der Waals surface area (Å²) in [6.07, 6.45) is 2.99. The molecule has 0 spiro atoms. The van der Waals surface area contributed by atoms with Gasteiger partial charge in [0.05, 0.1) is 18.1 Å². The molecular weight excluding hydrogens is 192 g/mol. The number of anilines is 2. The predicted molar refractivity (Wildman–Crippen MR) is 57.4 cm³/mol. The summed E-state index contributed by atoms with van der Waals surface area (Å²) in [6, 6.07) is 7.20. The zero-order chi connectivity index (χ0) is 10.7. The zero-order valence-electron chi connectivity index (χ0n) is 7.92. The highest BCUT2D eigenvalue weighted by Crippen LogP contribution is 2.25. The lowest BCUT2D eigenvalue weighted by Crippen LogP contribution is -1.95. The number of ether oxygens (including phenoxy) is 1. The second-order valence-corrected chi connectivity index (χ2v) is 2.92. The fourth-order valence-corrected chi connectivity index (χ4v) is 1.08. The van der Waals surface area contributed by atoms with Crippen LogP contribution in [-0.4, -0.2) is 9.97 Å². The van der Waals surface area contributed by atoms with Crippen molar-refractivity contribution in [3.63, 3.8) is 0 Å². The fraction of sp³-hybridized carbons (Fsp3) is 0. The Hall–Kier alpha value is -2.30. The largest absolute Gasteiger partial charge is 0.452 e. The first-order valence-corrected chi connectivity index (χ1v) is 4.35. The molecule has 0 atom stereocenters. The van der Waals surface area contributed by atoms with Crippen molar-refractivity contribution in [1.82, 2.24) is 9.97 Å². The summed E-state index contributed by atoms with van der Waals surface area (Å²) in [5, 5.41) is 0. The van der Waals surface area contributed by atoms with Gasteiger partial charge in [0, 0.05) is 0 Å². The van der Waals surface area contributed by atoms with Crippen molar-refractivity contribution in [3.8, 4) is 11.5 Å². The molecule has 1 aromatic heterocycles. The maximum absolute atomic E-state index is 5.71. The van der Waals surface area contributed by atoms with E-state index in [2.05, 4.69) is 9.97 Å². The van der Waals surface area contributed by atoms with Gasteiger partial charge in [0.15, 0.2) is 5.75 Å². The van der Waals surface area contributed by atoms with E-state index < -0.39 is 0 Å². The van der Waals surface area contributed by atoms with E-state index in [9.17, 15) is 0 Å². The second-order valence-electron chi connectivity index (χ2n) is 2.92. The van der Waals surface area contributed by atoms with E-state index in [1.165, 1.54) is 12.4 Å². The highest BCUT2D eigenvalue weighted by atomic mass is 16.5. The Balaban J connectivity index is 2.22. The van der Waals surface area contributed by atoms with Crippen LogP contribution >= 0.6 is 0 Å². The van der Waals surface area contributed by atoms with Gasteiger partial charge in [-0.3, -0.25) is 0 Å². The molecule has 0 aliphatic carbocycles. The van der Waals surface area contributed by atoms with Crippen molar-refractivity contribution < 1.29 is 4.74 Å². The molecule has 0 saturated heterocycles. The summed E-state index contributed by atoms with van der Waals surface area (Å²) in [5.74, 6) is 1.29. The smallest absolute Gasteiger partial charge is 0.220 e. The normalized spacial score (nSPS) is 9.87. The number of hydrogen-bond acceptors (Lipinski definition) is 5. The number of benzene rings is 1. The molecule has 5 heteroatoms. The van der Waals surface area contributed by atoms with Crippen LogP contribution in [0.3, 0.4) is 0 Å². The Bertz CT molecular complexity index is 455. The minimum Gasteiger partial charge on any atom is -0.452 e. The minimum atomic E-state index is 0.211. The van der Waals surface area contributed by atoms with Gasteiger partial charge in [-0.05, 0) is 12.1 Å². The zero-order valence-corrected chi connectivity index (χ0v) is 7.92. The maximum atomic E-state index is 5.71. The molecule has 0 bridgehead atoms. The van der Waals surface area contributed by atoms with Crippen LogP contribution in [0, 0.1) is 0 Å². The van der Waals surface area contributed by atoms with Crippen molar-refractivity contribution in [2.24, 2.45) is 0 Å². The molecule has 0 unspecified atom stereocenters. The molecule has 0 radical (unpaired) electrons. The summed E-state index contributed by atoms with van der Waals surface area (Å²) in [4.78, 5) is 7.61. The lowest BCUT2D eigenvalue weighted by Gasteiger charge is -2.06. The first-order valence-electron chi connectivity index (χ1n) is 4.35. The Morgan fingerprint density at radius 2 is 1.67 bits per heavy atom. The van der Waals surface area contributed by atoms with Gasteiger partial charge in [0.25, 0.3) is 0 Å². The van der Waals surface area contributed by atoms with Gasteiger partial charge in [-0.2, -0.15) is 0 Å². The van der Waals surface area contributed by atoms with Crippen molar-refractivity contribution >= 4 is 11.6 Å². The third kappa shape index (κ3) is 2.14. The topological polar surface area (TPSA) is 87.0 Å². The molecule has 0 fully saturated rings. The molecule has 0 saturated carbocycles. The Morgan fingerprint density at radius 1 is 1.00 bits per heavy atom. The third-order valence-electron chi connectivity index (χ3n) is 1.79. The van der Waals surface area contributed by atoms with E-state index in [0.29, 0.717) is 17.2 Å². The van der Waals surface area contributed by atoms with E-state index in [1.807, 2.05) is 12.1 Å². The molecule has 5 nitrogen and oxygen atoms in total. The molecule has 0 aliphatic heterocycles. The predicted octanol–water partition coefficient (Wildman–Crippen LogP) is 1.43. The van der Waals surface area contributed by atoms with Gasteiger partial charge in [-0.15, -0.1) is 0 Å². The summed E-state index contributed by atoms with van der Waals surface area (Å²) in [5.41, 5.74) is 11.6. The molecule has 0 amide bonds. The van der Waals surface area contributed by atoms with E-state index in [1.54, 1.807) is 12.1 Å². The summed E-state index contributed by atoms with van der Waals surface area (Å²) in [6.45, 7) is 0. The molecule has 0 aliphatic rings. The Labute approximate surface area is 86.7 Å². The number of aromatic nitrogens is 2. The first kappa shape index (κ1) is 9.26. The number of nitrogen functional groups attached to an aromatic ring is 2. The third-order valence-corrected chi connectivity index (χ3v) is 1.79. The van der Waals surface area contributed by atoms with Crippen molar-refractivity contribution in [2.45, 2.75) is 0 Å². The number of nitrogens with zero attached hydrogens (tertiary/aromatic N) is 2. The van der Waals surface area contributed by atoms with Crippen molar-refractivity contribution in [2.75, 3.05) is 11.5 Å². The maximum Gasteiger partial charge on any atom is 0.220 e. The van der Waals surface area contributed by atoms with Gasteiger partial charge in [0.1, 0.15) is 5.75 Å². The van der Waals surface area contributed by atoms with Gasteiger partial charge in [-0.25, -0.2) is 9.97 Å². The molecule has 1 aromatic carbocycles. The average molecular weight is 202 g/mol. The minimum absolute atomic E-state index is 0.211. The van der Waals surface area contributed by atoms with Crippen LogP contribution in [0.1, 0.15) is 0 Å². The van der Waals surface area contributed by atoms with Crippen LogP contribution in [0.2, 0.25) is 0 Å². The molecular formula is C10H10N4O. The van der Waals surface area contributed by atoms with Crippen LogP contribution in [0.25, 0.3) is 0 Å². The van der Waals surface area contributed by atoms with Crippen LogP contribution in [-0.2, 0) is 0 Å². The Kier molecular flexibility index (Phi) is 2.37. The molecule has 2 rings (SSSR count). The molecule has 15 heavy (non-hydrogen) atoms. The van der Waals surface area contributed by atoms with Crippen LogP contribution in [0.4, 0.5) is 11.6 Å². The number of nitrogens with two attached hydrogens (primary N) is 2. The molecule has 2 aromatic rings. The van der Waals surface area contributed by atoms with Gasteiger partial charge in [0.2, 0.25) is 5.95 Å². The molecule has 4 N–H and O–H groups in total. The van der Waals surface area contributed by atoms with Crippen LogP contribution < -0.4 is 16.2 Å². The quantitative estimate of drug-likeness (QED) is 0.719. The SMILES string of the molecule is Nc1ncc(Oc2ccccc2N)cn1. The monoisotopic (exact) mass is 202 g/mol. The molecule has 76 valence electrons.